The molecule has 0 unspecified atom stereocenters. The molecule has 1 aliphatic carbocycles. The predicted octanol–water partition coefficient (Wildman–Crippen LogP) is 5.00. The number of likely N-dealkylation sites (tertiary alicyclic amines) is 1. The largest absolute Gasteiger partial charge is 0.298 e. The maximum absolute atomic E-state index is 3.75. The van der Waals surface area contributed by atoms with E-state index in [1.165, 1.54) is 36.0 Å². The van der Waals surface area contributed by atoms with Crippen molar-refractivity contribution in [1.29, 1.82) is 0 Å². The summed E-state index contributed by atoms with van der Waals surface area (Å²) in [6.45, 7) is 5.98. The average Bonchev–Trinajstić information content (AvgIpc) is 2.85. The second-order valence-corrected chi connectivity index (χ2v) is 8.02. The fourth-order valence-corrected chi connectivity index (χ4v) is 5.01. The van der Waals surface area contributed by atoms with Crippen molar-refractivity contribution >= 4 is 15.9 Å². The second kappa shape index (κ2) is 5.50. The van der Waals surface area contributed by atoms with Gasteiger partial charge >= 0.3 is 0 Å². The smallest absolute Gasteiger partial charge is 0.0234 e. The highest BCUT2D eigenvalue weighted by atomic mass is 79.9. The molecule has 114 valence electrons. The fourth-order valence-electron chi connectivity index (χ4n) is 4.43. The third kappa shape index (κ3) is 2.43. The van der Waals surface area contributed by atoms with Gasteiger partial charge in [0, 0.05) is 30.0 Å². The number of benzene rings is 2. The van der Waals surface area contributed by atoms with E-state index < -0.39 is 0 Å². The minimum absolute atomic E-state index is 0.433. The van der Waals surface area contributed by atoms with Crippen molar-refractivity contribution in [3.63, 3.8) is 0 Å². The molecule has 0 aromatic heterocycles. The van der Waals surface area contributed by atoms with Gasteiger partial charge < -0.3 is 0 Å². The van der Waals surface area contributed by atoms with Crippen LogP contribution in [0.1, 0.15) is 36.0 Å². The standard InChI is InChI=1S/C20H22BrN/c1-20-11-10-17-16(8-5-9-19(17)21)18(20)13-22(14-20)12-15-6-3-2-4-7-15/h2-9,18H,10-14H2,1H3/t18-,20+/m0/s1. The summed E-state index contributed by atoms with van der Waals surface area (Å²) in [5.74, 6) is 0.678. The lowest BCUT2D eigenvalue weighted by Crippen LogP contribution is -2.30. The number of fused-ring (bicyclic) bond motifs is 3. The third-order valence-electron chi connectivity index (χ3n) is 5.59. The van der Waals surface area contributed by atoms with E-state index in [1.54, 1.807) is 11.1 Å². The van der Waals surface area contributed by atoms with Crippen molar-refractivity contribution < 1.29 is 0 Å². The van der Waals surface area contributed by atoms with Crippen LogP contribution < -0.4 is 0 Å². The van der Waals surface area contributed by atoms with E-state index in [0.717, 1.165) is 6.54 Å². The molecule has 1 saturated heterocycles. The van der Waals surface area contributed by atoms with Crippen molar-refractivity contribution in [2.45, 2.75) is 32.2 Å². The van der Waals surface area contributed by atoms with Crippen LogP contribution in [-0.2, 0) is 13.0 Å². The van der Waals surface area contributed by atoms with Crippen molar-refractivity contribution in [3.8, 4) is 0 Å². The van der Waals surface area contributed by atoms with E-state index in [-0.39, 0.29) is 0 Å². The van der Waals surface area contributed by atoms with Crippen molar-refractivity contribution in [3.05, 3.63) is 69.7 Å². The Morgan fingerprint density at radius 1 is 1.14 bits per heavy atom. The molecule has 1 aliphatic heterocycles. The van der Waals surface area contributed by atoms with Gasteiger partial charge in [-0.05, 0) is 41.0 Å². The molecule has 2 atom stereocenters. The van der Waals surface area contributed by atoms with Crippen LogP contribution in [0.3, 0.4) is 0 Å². The molecule has 0 radical (unpaired) electrons. The molecule has 2 aromatic rings. The Balaban J connectivity index is 1.61. The van der Waals surface area contributed by atoms with Gasteiger partial charge in [-0.3, -0.25) is 4.90 Å². The zero-order valence-electron chi connectivity index (χ0n) is 13.1. The van der Waals surface area contributed by atoms with Gasteiger partial charge in [0.1, 0.15) is 0 Å². The molecule has 22 heavy (non-hydrogen) atoms. The van der Waals surface area contributed by atoms with Gasteiger partial charge in [-0.2, -0.15) is 0 Å². The van der Waals surface area contributed by atoms with Crippen molar-refractivity contribution in [1.82, 2.24) is 4.90 Å². The van der Waals surface area contributed by atoms with E-state index in [4.69, 9.17) is 0 Å². The maximum Gasteiger partial charge on any atom is 0.0234 e. The summed E-state index contributed by atoms with van der Waals surface area (Å²) in [4.78, 5) is 2.65. The quantitative estimate of drug-likeness (QED) is 0.732. The summed E-state index contributed by atoms with van der Waals surface area (Å²) in [5.41, 5.74) is 4.99. The Labute approximate surface area is 141 Å². The van der Waals surface area contributed by atoms with Gasteiger partial charge in [0.15, 0.2) is 0 Å². The van der Waals surface area contributed by atoms with Gasteiger partial charge in [-0.15, -0.1) is 0 Å². The summed E-state index contributed by atoms with van der Waals surface area (Å²) < 4.78 is 1.30. The molecule has 0 saturated carbocycles. The van der Waals surface area contributed by atoms with Crippen LogP contribution in [0.5, 0.6) is 0 Å². The van der Waals surface area contributed by atoms with Crippen LogP contribution in [-0.4, -0.2) is 18.0 Å². The molecule has 0 bridgehead atoms. The topological polar surface area (TPSA) is 3.24 Å². The predicted molar refractivity (Wildman–Crippen MR) is 95.0 cm³/mol. The molecule has 1 nitrogen and oxygen atoms in total. The zero-order valence-corrected chi connectivity index (χ0v) is 14.6. The van der Waals surface area contributed by atoms with Crippen LogP contribution in [0.15, 0.2) is 53.0 Å². The second-order valence-electron chi connectivity index (χ2n) is 7.17. The number of hydrogen-bond donors (Lipinski definition) is 0. The Morgan fingerprint density at radius 3 is 2.77 bits per heavy atom. The highest BCUT2D eigenvalue weighted by Gasteiger charge is 2.46. The summed E-state index contributed by atoms with van der Waals surface area (Å²) in [7, 11) is 0. The molecule has 4 rings (SSSR count). The first-order valence-electron chi connectivity index (χ1n) is 8.19. The van der Waals surface area contributed by atoms with Gasteiger partial charge in [-0.1, -0.05) is 65.3 Å². The number of halogens is 1. The van der Waals surface area contributed by atoms with E-state index >= 15 is 0 Å². The van der Waals surface area contributed by atoms with Gasteiger partial charge in [-0.25, -0.2) is 0 Å². The van der Waals surface area contributed by atoms with Crippen LogP contribution in [0.2, 0.25) is 0 Å². The summed E-state index contributed by atoms with van der Waals surface area (Å²) in [6.07, 6.45) is 2.52. The highest BCUT2D eigenvalue weighted by molar-refractivity contribution is 9.10. The van der Waals surface area contributed by atoms with E-state index in [0.29, 0.717) is 11.3 Å². The lowest BCUT2D eigenvalue weighted by Gasteiger charge is -2.37. The first kappa shape index (κ1) is 14.5. The molecular formula is C20H22BrN. The average molecular weight is 356 g/mol. The van der Waals surface area contributed by atoms with Gasteiger partial charge in [0.2, 0.25) is 0 Å². The van der Waals surface area contributed by atoms with Crippen LogP contribution in [0.4, 0.5) is 0 Å². The monoisotopic (exact) mass is 355 g/mol. The van der Waals surface area contributed by atoms with Gasteiger partial charge in [0.25, 0.3) is 0 Å². The van der Waals surface area contributed by atoms with Crippen LogP contribution in [0.25, 0.3) is 0 Å². The summed E-state index contributed by atoms with van der Waals surface area (Å²) in [6, 6.07) is 17.6. The third-order valence-corrected chi connectivity index (χ3v) is 6.34. The molecule has 2 aliphatic rings. The number of nitrogens with zero attached hydrogens (tertiary/aromatic N) is 1. The molecule has 2 aromatic carbocycles. The van der Waals surface area contributed by atoms with Crippen LogP contribution >= 0.6 is 15.9 Å². The lowest BCUT2D eigenvalue weighted by atomic mass is 9.67. The first-order chi connectivity index (χ1) is 10.7. The molecular weight excluding hydrogens is 334 g/mol. The Morgan fingerprint density at radius 2 is 1.95 bits per heavy atom. The van der Waals surface area contributed by atoms with Crippen molar-refractivity contribution in [2.75, 3.05) is 13.1 Å². The number of hydrogen-bond acceptors (Lipinski definition) is 1. The van der Waals surface area contributed by atoms with Crippen molar-refractivity contribution in [2.24, 2.45) is 5.41 Å². The highest BCUT2D eigenvalue weighted by Crippen LogP contribution is 2.51. The fraction of sp³-hybridized carbons (Fsp3) is 0.400. The minimum atomic E-state index is 0.433. The van der Waals surface area contributed by atoms with E-state index in [2.05, 4.69) is 76.3 Å². The minimum Gasteiger partial charge on any atom is -0.298 e. The molecule has 0 spiro atoms. The molecule has 1 heterocycles. The van der Waals surface area contributed by atoms with E-state index in [9.17, 15) is 0 Å². The number of rotatable bonds is 2. The van der Waals surface area contributed by atoms with Crippen LogP contribution in [0, 0.1) is 5.41 Å². The van der Waals surface area contributed by atoms with Gasteiger partial charge in [0.05, 0.1) is 0 Å². The molecule has 2 heteroatoms. The summed E-state index contributed by atoms with van der Waals surface area (Å²) in [5, 5.41) is 0. The Hall–Kier alpha value is -1.12. The Kier molecular flexibility index (Phi) is 3.62. The SMILES string of the molecule is C[C@]12CCc3c(Br)cccc3[C@@H]1CN(Cc1ccccc1)C2. The molecule has 0 amide bonds. The maximum atomic E-state index is 3.75. The molecule has 1 fully saturated rings. The molecule has 0 N–H and O–H groups in total. The first-order valence-corrected chi connectivity index (χ1v) is 8.99. The normalized spacial score (nSPS) is 27.5. The Bertz CT molecular complexity index is 681. The van der Waals surface area contributed by atoms with E-state index in [1.807, 2.05) is 0 Å². The zero-order chi connectivity index (χ0) is 15.2. The lowest BCUT2D eigenvalue weighted by molar-refractivity contribution is 0.240. The summed E-state index contributed by atoms with van der Waals surface area (Å²) >= 11 is 3.75.